The third-order valence-corrected chi connectivity index (χ3v) is 5.30. The van der Waals surface area contributed by atoms with E-state index >= 15 is 0 Å². The first-order valence-corrected chi connectivity index (χ1v) is 9.81. The third kappa shape index (κ3) is 5.43. The Labute approximate surface area is 167 Å². The number of amides is 1. The summed E-state index contributed by atoms with van der Waals surface area (Å²) in [6.07, 6.45) is 0.403. The number of rotatable bonds is 7. The van der Waals surface area contributed by atoms with E-state index in [1.807, 2.05) is 30.3 Å². The van der Waals surface area contributed by atoms with Gasteiger partial charge >= 0.3 is 0 Å². The van der Waals surface area contributed by atoms with Crippen molar-refractivity contribution in [1.29, 1.82) is 0 Å². The van der Waals surface area contributed by atoms with Crippen molar-refractivity contribution < 1.29 is 14.6 Å². The molecule has 0 radical (unpaired) electrons. The number of fused-ring (bicyclic) bond motifs is 1. The number of hydrogen-bond donors (Lipinski definition) is 2. The first-order valence-electron chi connectivity index (χ1n) is 8.73. The quantitative estimate of drug-likeness (QED) is 0.615. The SMILES string of the molecule is O=C(COc1ccccc1I)NCC(O)CN1CCc2ccccc2C1. The summed E-state index contributed by atoms with van der Waals surface area (Å²) in [6, 6.07) is 16.0. The maximum absolute atomic E-state index is 11.9. The topological polar surface area (TPSA) is 61.8 Å². The van der Waals surface area contributed by atoms with E-state index < -0.39 is 6.10 Å². The first kappa shape index (κ1) is 19.1. The van der Waals surface area contributed by atoms with Crippen LogP contribution in [0, 0.1) is 3.57 Å². The Bertz CT molecular complexity index is 753. The highest BCUT2D eigenvalue weighted by Gasteiger charge is 2.18. The molecule has 1 atom stereocenters. The second-order valence-corrected chi connectivity index (χ2v) is 7.59. The van der Waals surface area contributed by atoms with E-state index in [-0.39, 0.29) is 19.1 Å². The molecular weight excluding hydrogens is 443 g/mol. The molecule has 0 aromatic heterocycles. The number of nitrogens with zero attached hydrogens (tertiary/aromatic N) is 1. The molecule has 0 saturated carbocycles. The number of β-amino-alcohol motifs (C(OH)–C–C–N with tert-alkyl or cyclic N) is 1. The zero-order valence-corrected chi connectivity index (χ0v) is 16.7. The van der Waals surface area contributed by atoms with Gasteiger partial charge in [-0.1, -0.05) is 36.4 Å². The van der Waals surface area contributed by atoms with Crippen molar-refractivity contribution in [2.75, 3.05) is 26.2 Å². The van der Waals surface area contributed by atoms with E-state index in [2.05, 4.69) is 51.0 Å². The van der Waals surface area contributed by atoms with Crippen LogP contribution in [0.2, 0.25) is 0 Å². The van der Waals surface area contributed by atoms with Crippen molar-refractivity contribution in [1.82, 2.24) is 10.2 Å². The predicted molar refractivity (Wildman–Crippen MR) is 109 cm³/mol. The molecule has 0 aliphatic carbocycles. The lowest BCUT2D eigenvalue weighted by molar-refractivity contribution is -0.123. The van der Waals surface area contributed by atoms with Gasteiger partial charge in [0.2, 0.25) is 0 Å². The first-order chi connectivity index (χ1) is 12.6. The summed E-state index contributed by atoms with van der Waals surface area (Å²) < 4.78 is 6.47. The highest BCUT2D eigenvalue weighted by Crippen LogP contribution is 2.19. The number of hydrogen-bond acceptors (Lipinski definition) is 4. The number of nitrogens with one attached hydrogen (secondary N) is 1. The van der Waals surface area contributed by atoms with E-state index in [9.17, 15) is 9.90 Å². The minimum Gasteiger partial charge on any atom is -0.483 e. The standard InChI is InChI=1S/C20H23IN2O3/c21-18-7-3-4-8-19(18)26-14-20(25)22-11-17(24)13-23-10-9-15-5-1-2-6-16(15)12-23/h1-8,17,24H,9-14H2,(H,22,25). The number of benzene rings is 2. The van der Waals surface area contributed by atoms with Crippen molar-refractivity contribution in [2.45, 2.75) is 19.1 Å². The molecule has 0 saturated heterocycles. The van der Waals surface area contributed by atoms with E-state index in [0.29, 0.717) is 12.3 Å². The van der Waals surface area contributed by atoms with E-state index in [1.165, 1.54) is 11.1 Å². The van der Waals surface area contributed by atoms with Gasteiger partial charge in [0.1, 0.15) is 5.75 Å². The summed E-state index contributed by atoms with van der Waals surface area (Å²) in [5.74, 6) is 0.462. The largest absolute Gasteiger partial charge is 0.483 e. The Morgan fingerprint density at radius 2 is 1.92 bits per heavy atom. The molecule has 1 unspecified atom stereocenters. The second-order valence-electron chi connectivity index (χ2n) is 6.43. The number of aliphatic hydroxyl groups is 1. The molecule has 6 heteroatoms. The van der Waals surface area contributed by atoms with Crippen molar-refractivity contribution in [2.24, 2.45) is 0 Å². The van der Waals surface area contributed by atoms with Gasteiger partial charge in [-0.25, -0.2) is 0 Å². The number of para-hydroxylation sites is 1. The number of carbonyl (C=O) groups excluding carboxylic acids is 1. The van der Waals surface area contributed by atoms with Crippen LogP contribution in [0.1, 0.15) is 11.1 Å². The van der Waals surface area contributed by atoms with Crippen LogP contribution in [-0.2, 0) is 17.8 Å². The van der Waals surface area contributed by atoms with Crippen molar-refractivity contribution in [3.63, 3.8) is 0 Å². The van der Waals surface area contributed by atoms with Gasteiger partial charge in [-0.2, -0.15) is 0 Å². The summed E-state index contributed by atoms with van der Waals surface area (Å²) in [4.78, 5) is 14.1. The average molecular weight is 466 g/mol. The number of ether oxygens (including phenoxy) is 1. The van der Waals surface area contributed by atoms with Gasteiger partial charge < -0.3 is 15.2 Å². The molecule has 1 aliphatic heterocycles. The molecule has 0 fully saturated rings. The summed E-state index contributed by atoms with van der Waals surface area (Å²) in [7, 11) is 0. The lowest BCUT2D eigenvalue weighted by Gasteiger charge is -2.30. The van der Waals surface area contributed by atoms with Crippen LogP contribution in [-0.4, -0.2) is 48.3 Å². The normalized spacial score (nSPS) is 15.2. The lowest BCUT2D eigenvalue weighted by Crippen LogP contribution is -2.42. The van der Waals surface area contributed by atoms with Gasteiger partial charge in [0.25, 0.3) is 5.91 Å². The van der Waals surface area contributed by atoms with Crippen LogP contribution >= 0.6 is 22.6 Å². The van der Waals surface area contributed by atoms with Crippen LogP contribution in [0.15, 0.2) is 48.5 Å². The molecule has 2 aromatic carbocycles. The molecule has 1 amide bonds. The molecule has 1 heterocycles. The number of carbonyl (C=O) groups is 1. The van der Waals surface area contributed by atoms with E-state index in [1.54, 1.807) is 0 Å². The van der Waals surface area contributed by atoms with Crippen molar-refractivity contribution >= 4 is 28.5 Å². The molecule has 0 bridgehead atoms. The molecule has 138 valence electrons. The van der Waals surface area contributed by atoms with Crippen LogP contribution < -0.4 is 10.1 Å². The fourth-order valence-corrected chi connectivity index (χ4v) is 3.60. The Hall–Kier alpha value is -1.64. The molecule has 1 aliphatic rings. The smallest absolute Gasteiger partial charge is 0.258 e. The minimum atomic E-state index is -0.596. The average Bonchev–Trinajstić information content (AvgIpc) is 2.65. The number of halogens is 1. The van der Waals surface area contributed by atoms with Crippen molar-refractivity contribution in [3.8, 4) is 5.75 Å². The monoisotopic (exact) mass is 466 g/mol. The summed E-state index contributed by atoms with van der Waals surface area (Å²) in [5, 5.41) is 13.0. The van der Waals surface area contributed by atoms with Crippen LogP contribution in [0.3, 0.4) is 0 Å². The Morgan fingerprint density at radius 3 is 2.73 bits per heavy atom. The highest BCUT2D eigenvalue weighted by molar-refractivity contribution is 14.1. The number of aliphatic hydroxyl groups excluding tert-OH is 1. The maximum atomic E-state index is 11.9. The van der Waals surface area contributed by atoms with Gasteiger partial charge in [-0.05, 0) is 52.3 Å². The maximum Gasteiger partial charge on any atom is 0.258 e. The second kappa shape index (κ2) is 9.34. The van der Waals surface area contributed by atoms with Crippen LogP contribution in [0.4, 0.5) is 0 Å². The zero-order chi connectivity index (χ0) is 18.4. The Balaban J connectivity index is 1.38. The molecule has 5 nitrogen and oxygen atoms in total. The molecular formula is C20H23IN2O3. The van der Waals surface area contributed by atoms with Crippen molar-refractivity contribution in [3.05, 3.63) is 63.2 Å². The predicted octanol–water partition coefficient (Wildman–Crippen LogP) is 2.21. The Kier molecular flexibility index (Phi) is 6.87. The van der Waals surface area contributed by atoms with Gasteiger partial charge in [0.05, 0.1) is 9.67 Å². The van der Waals surface area contributed by atoms with E-state index in [0.717, 1.165) is 23.1 Å². The van der Waals surface area contributed by atoms with Crippen LogP contribution in [0.25, 0.3) is 0 Å². The molecule has 2 aromatic rings. The molecule has 0 spiro atoms. The van der Waals surface area contributed by atoms with Gasteiger partial charge in [-0.15, -0.1) is 0 Å². The lowest BCUT2D eigenvalue weighted by atomic mass is 10.00. The van der Waals surface area contributed by atoms with Gasteiger partial charge in [0, 0.05) is 26.2 Å². The van der Waals surface area contributed by atoms with Gasteiger partial charge in [0.15, 0.2) is 6.61 Å². The summed E-state index contributed by atoms with van der Waals surface area (Å²) in [6.45, 7) is 2.50. The fraction of sp³-hybridized carbons (Fsp3) is 0.350. The fourth-order valence-electron chi connectivity index (χ4n) is 3.06. The van der Waals surface area contributed by atoms with Crippen LogP contribution in [0.5, 0.6) is 5.75 Å². The zero-order valence-electron chi connectivity index (χ0n) is 14.5. The van der Waals surface area contributed by atoms with E-state index in [4.69, 9.17) is 4.74 Å². The highest BCUT2D eigenvalue weighted by atomic mass is 127. The Morgan fingerprint density at radius 1 is 1.19 bits per heavy atom. The third-order valence-electron chi connectivity index (χ3n) is 4.41. The molecule has 2 N–H and O–H groups in total. The molecule has 26 heavy (non-hydrogen) atoms. The van der Waals surface area contributed by atoms with Gasteiger partial charge in [-0.3, -0.25) is 9.69 Å². The minimum absolute atomic E-state index is 0.0518. The summed E-state index contributed by atoms with van der Waals surface area (Å²) in [5.41, 5.74) is 2.71. The molecule has 3 rings (SSSR count). The summed E-state index contributed by atoms with van der Waals surface area (Å²) >= 11 is 2.17.